The van der Waals surface area contributed by atoms with Crippen molar-refractivity contribution in [3.63, 3.8) is 0 Å². The van der Waals surface area contributed by atoms with Crippen molar-refractivity contribution in [2.75, 3.05) is 13.1 Å². The molecule has 6 heteroatoms. The minimum atomic E-state index is -0.182. The van der Waals surface area contributed by atoms with Gasteiger partial charge < -0.3 is 15.6 Å². The highest BCUT2D eigenvalue weighted by atomic mass is 32.1. The maximum Gasteiger partial charge on any atom is 0.314 e. The number of amides is 2. The lowest BCUT2D eigenvalue weighted by Crippen LogP contribution is -2.37. The van der Waals surface area contributed by atoms with Crippen molar-refractivity contribution in [3.05, 3.63) is 18.2 Å². The molecule has 0 aromatic carbocycles. The Bertz CT molecular complexity index is 275. The molecule has 0 spiro atoms. The van der Waals surface area contributed by atoms with Crippen LogP contribution in [0.2, 0.25) is 0 Å². The molecule has 3 N–H and O–H groups in total. The van der Waals surface area contributed by atoms with E-state index < -0.39 is 0 Å². The maximum absolute atomic E-state index is 11.0. The number of urea groups is 1. The molecule has 78 valence electrons. The molecule has 5 nitrogen and oxygen atoms in total. The summed E-state index contributed by atoms with van der Waals surface area (Å²) in [5.41, 5.74) is 0. The molecule has 1 rings (SSSR count). The molecule has 0 radical (unpaired) electrons. The summed E-state index contributed by atoms with van der Waals surface area (Å²) in [4.78, 5) is 18.0. The second kappa shape index (κ2) is 5.54. The quantitative estimate of drug-likeness (QED) is 0.557. The van der Waals surface area contributed by atoms with Crippen LogP contribution in [0.5, 0.6) is 0 Å². The Hall–Kier alpha value is -1.17. The number of hydrogen-bond acceptors (Lipinski definition) is 3. The van der Waals surface area contributed by atoms with Crippen LogP contribution < -0.4 is 10.6 Å². The molecule has 1 heterocycles. The van der Waals surface area contributed by atoms with E-state index in [4.69, 9.17) is 0 Å². The van der Waals surface area contributed by atoms with Crippen LogP contribution in [0.3, 0.4) is 0 Å². The van der Waals surface area contributed by atoms with E-state index in [1.165, 1.54) is 0 Å². The van der Waals surface area contributed by atoms with Gasteiger partial charge in [-0.1, -0.05) is 0 Å². The number of carbonyl (C=O) groups is 1. The Morgan fingerprint density at radius 3 is 3.07 bits per heavy atom. The molecule has 14 heavy (non-hydrogen) atoms. The number of nitrogens with one attached hydrogen (secondary N) is 3. The van der Waals surface area contributed by atoms with Gasteiger partial charge in [-0.2, -0.15) is 12.6 Å². The summed E-state index contributed by atoms with van der Waals surface area (Å²) in [6.07, 6.45) is 3.38. The lowest BCUT2D eigenvalue weighted by Gasteiger charge is -2.09. The van der Waals surface area contributed by atoms with Crippen molar-refractivity contribution >= 4 is 18.7 Å². The maximum atomic E-state index is 11.0. The van der Waals surface area contributed by atoms with E-state index in [1.54, 1.807) is 12.4 Å². The standard InChI is InChI=1S/C8H14N4OS/c1-2-9-8(13)12-5-6(14)7-10-3-4-11-7/h3-4,6,14H,2,5H2,1H3,(H,10,11)(H2,9,12,13). The van der Waals surface area contributed by atoms with E-state index in [0.717, 1.165) is 5.82 Å². The molecule has 0 aliphatic heterocycles. The molecule has 1 aromatic rings. The van der Waals surface area contributed by atoms with Gasteiger partial charge in [0.25, 0.3) is 0 Å². The highest BCUT2D eigenvalue weighted by Crippen LogP contribution is 2.13. The van der Waals surface area contributed by atoms with E-state index in [9.17, 15) is 4.79 Å². The van der Waals surface area contributed by atoms with Gasteiger partial charge in [-0.05, 0) is 6.92 Å². The topological polar surface area (TPSA) is 69.8 Å². The van der Waals surface area contributed by atoms with Gasteiger partial charge in [-0.3, -0.25) is 0 Å². The number of thiol groups is 1. The molecule has 1 atom stereocenters. The van der Waals surface area contributed by atoms with Gasteiger partial charge in [0.2, 0.25) is 0 Å². The second-order valence-electron chi connectivity index (χ2n) is 2.73. The Morgan fingerprint density at radius 2 is 2.50 bits per heavy atom. The summed E-state index contributed by atoms with van der Waals surface area (Å²) in [5.74, 6) is 0.755. The Labute approximate surface area is 88.1 Å². The van der Waals surface area contributed by atoms with Gasteiger partial charge in [-0.15, -0.1) is 0 Å². The molecule has 2 amide bonds. The van der Waals surface area contributed by atoms with E-state index in [1.807, 2.05) is 6.92 Å². The average Bonchev–Trinajstić information content (AvgIpc) is 2.67. The first-order valence-electron chi connectivity index (χ1n) is 4.43. The Kier molecular flexibility index (Phi) is 4.31. The molecule has 0 fully saturated rings. The van der Waals surface area contributed by atoms with E-state index >= 15 is 0 Å². The summed E-state index contributed by atoms with van der Waals surface area (Å²) in [6.45, 7) is 2.93. The van der Waals surface area contributed by atoms with Crippen LogP contribution in [-0.2, 0) is 0 Å². The first-order valence-corrected chi connectivity index (χ1v) is 4.94. The predicted octanol–water partition coefficient (Wildman–Crippen LogP) is 0.700. The number of aromatic nitrogens is 2. The third kappa shape index (κ3) is 3.29. The number of H-pyrrole nitrogens is 1. The fraction of sp³-hybridized carbons (Fsp3) is 0.500. The van der Waals surface area contributed by atoms with Crippen molar-refractivity contribution in [1.29, 1.82) is 0 Å². The Morgan fingerprint density at radius 1 is 1.71 bits per heavy atom. The lowest BCUT2D eigenvalue weighted by atomic mass is 10.4. The summed E-state index contributed by atoms with van der Waals surface area (Å²) < 4.78 is 0. The predicted molar refractivity (Wildman–Crippen MR) is 57.4 cm³/mol. The van der Waals surface area contributed by atoms with Gasteiger partial charge in [-0.25, -0.2) is 9.78 Å². The molecule has 1 unspecified atom stereocenters. The van der Waals surface area contributed by atoms with Crippen molar-refractivity contribution in [2.24, 2.45) is 0 Å². The monoisotopic (exact) mass is 214 g/mol. The molecule has 0 aliphatic rings. The van der Waals surface area contributed by atoms with Crippen molar-refractivity contribution in [3.8, 4) is 0 Å². The number of rotatable bonds is 4. The van der Waals surface area contributed by atoms with Crippen LogP contribution >= 0.6 is 12.6 Å². The van der Waals surface area contributed by atoms with E-state index in [2.05, 4.69) is 33.2 Å². The summed E-state index contributed by atoms with van der Waals surface area (Å²) in [6, 6.07) is -0.182. The molecular formula is C8H14N4OS. The third-order valence-electron chi connectivity index (χ3n) is 1.63. The smallest absolute Gasteiger partial charge is 0.314 e. The van der Waals surface area contributed by atoms with Crippen LogP contribution in [0.15, 0.2) is 12.4 Å². The highest BCUT2D eigenvalue weighted by Gasteiger charge is 2.09. The van der Waals surface area contributed by atoms with Crippen molar-refractivity contribution in [1.82, 2.24) is 20.6 Å². The molecule has 0 bridgehead atoms. The number of aromatic amines is 1. The average molecular weight is 214 g/mol. The van der Waals surface area contributed by atoms with Crippen LogP contribution in [0.1, 0.15) is 18.0 Å². The zero-order chi connectivity index (χ0) is 10.4. The minimum Gasteiger partial charge on any atom is -0.348 e. The minimum absolute atomic E-state index is 0.104. The van der Waals surface area contributed by atoms with Gasteiger partial charge in [0.15, 0.2) is 0 Å². The van der Waals surface area contributed by atoms with E-state index in [-0.39, 0.29) is 11.3 Å². The Balaban J connectivity index is 2.28. The molecule has 0 aliphatic carbocycles. The molecule has 0 saturated heterocycles. The number of carbonyl (C=O) groups excluding carboxylic acids is 1. The SMILES string of the molecule is CCNC(=O)NCC(S)c1ncc[nH]1. The fourth-order valence-electron chi connectivity index (χ4n) is 0.969. The van der Waals surface area contributed by atoms with Crippen LogP contribution in [0.25, 0.3) is 0 Å². The highest BCUT2D eigenvalue weighted by molar-refractivity contribution is 7.80. The largest absolute Gasteiger partial charge is 0.348 e. The molecule has 1 aromatic heterocycles. The van der Waals surface area contributed by atoms with E-state index in [0.29, 0.717) is 13.1 Å². The van der Waals surface area contributed by atoms with Crippen LogP contribution in [-0.4, -0.2) is 29.1 Å². The fourth-order valence-corrected chi connectivity index (χ4v) is 1.20. The van der Waals surface area contributed by atoms with Crippen molar-refractivity contribution in [2.45, 2.75) is 12.2 Å². The van der Waals surface area contributed by atoms with Gasteiger partial charge in [0.05, 0.1) is 5.25 Å². The zero-order valence-electron chi connectivity index (χ0n) is 7.95. The van der Waals surface area contributed by atoms with Gasteiger partial charge in [0.1, 0.15) is 5.82 Å². The van der Waals surface area contributed by atoms with Crippen LogP contribution in [0.4, 0.5) is 4.79 Å². The first kappa shape index (κ1) is 10.9. The van der Waals surface area contributed by atoms with Crippen molar-refractivity contribution < 1.29 is 4.79 Å². The zero-order valence-corrected chi connectivity index (χ0v) is 8.84. The third-order valence-corrected chi connectivity index (χ3v) is 2.06. The number of hydrogen-bond donors (Lipinski definition) is 4. The number of nitrogens with zero attached hydrogens (tertiary/aromatic N) is 1. The van der Waals surface area contributed by atoms with Gasteiger partial charge in [0, 0.05) is 25.5 Å². The summed E-state index contributed by atoms with van der Waals surface area (Å²) in [5, 5.41) is 5.21. The summed E-state index contributed by atoms with van der Waals surface area (Å²) >= 11 is 4.29. The van der Waals surface area contributed by atoms with Gasteiger partial charge >= 0.3 is 6.03 Å². The molecular weight excluding hydrogens is 200 g/mol. The summed E-state index contributed by atoms with van der Waals surface area (Å²) in [7, 11) is 0. The first-order chi connectivity index (χ1) is 6.74. The lowest BCUT2D eigenvalue weighted by molar-refractivity contribution is 0.241. The second-order valence-corrected chi connectivity index (χ2v) is 3.35. The molecule has 0 saturated carbocycles. The van der Waals surface area contributed by atoms with Crippen LogP contribution in [0, 0.1) is 0 Å². The normalized spacial score (nSPS) is 12.1. The number of imidazole rings is 1.